The molecule has 0 saturated carbocycles. The Hall–Kier alpha value is -1.58. The van der Waals surface area contributed by atoms with Gasteiger partial charge in [-0.15, -0.1) is 0 Å². The van der Waals surface area contributed by atoms with Gasteiger partial charge in [-0.2, -0.15) is 0 Å². The van der Waals surface area contributed by atoms with Gasteiger partial charge < -0.3 is 5.32 Å². The number of anilines is 1. The first-order chi connectivity index (χ1) is 9.69. The van der Waals surface area contributed by atoms with Gasteiger partial charge in [0.25, 0.3) is 0 Å². The number of halogens is 1. The van der Waals surface area contributed by atoms with Crippen LogP contribution in [-0.4, -0.2) is 23.5 Å². The molecule has 3 nitrogen and oxygen atoms in total. The molecule has 0 radical (unpaired) electrons. The molecule has 0 atom stereocenters. The minimum atomic E-state index is 0.714. The van der Waals surface area contributed by atoms with E-state index in [4.69, 9.17) is 11.6 Å². The summed E-state index contributed by atoms with van der Waals surface area (Å²) in [5.41, 5.74) is 2.19. The number of benzene rings is 1. The van der Waals surface area contributed by atoms with Gasteiger partial charge in [0.05, 0.1) is 10.7 Å². The summed E-state index contributed by atoms with van der Waals surface area (Å²) in [6.07, 6.45) is 0. The third-order valence-electron chi connectivity index (χ3n) is 2.99. The van der Waals surface area contributed by atoms with Gasteiger partial charge in [-0.1, -0.05) is 41.9 Å². The fraction of sp³-hybridized carbons (Fsp3) is 0.312. The molecule has 106 valence electrons. The van der Waals surface area contributed by atoms with Crippen LogP contribution in [0.15, 0.2) is 42.5 Å². The second kappa shape index (κ2) is 7.27. The first-order valence-corrected chi connectivity index (χ1v) is 7.18. The number of aromatic nitrogens is 1. The van der Waals surface area contributed by atoms with Gasteiger partial charge in [-0.3, -0.25) is 4.90 Å². The summed E-state index contributed by atoms with van der Waals surface area (Å²) in [6, 6.07) is 14.2. The summed E-state index contributed by atoms with van der Waals surface area (Å²) >= 11 is 6.23. The Morgan fingerprint density at radius 2 is 1.85 bits per heavy atom. The number of rotatable bonds is 6. The van der Waals surface area contributed by atoms with Crippen LogP contribution in [0.1, 0.15) is 18.2 Å². The lowest BCUT2D eigenvalue weighted by molar-refractivity contribution is 0.315. The van der Waals surface area contributed by atoms with E-state index >= 15 is 0 Å². The lowest BCUT2D eigenvalue weighted by Gasteiger charge is -2.17. The second-order valence-corrected chi connectivity index (χ2v) is 5.22. The summed E-state index contributed by atoms with van der Waals surface area (Å²) < 4.78 is 0. The predicted molar refractivity (Wildman–Crippen MR) is 85.0 cm³/mol. The van der Waals surface area contributed by atoms with Crippen LogP contribution in [-0.2, 0) is 13.1 Å². The van der Waals surface area contributed by atoms with Crippen molar-refractivity contribution in [2.75, 3.05) is 18.9 Å². The highest BCUT2D eigenvalue weighted by atomic mass is 35.5. The van der Waals surface area contributed by atoms with Crippen molar-refractivity contribution in [2.24, 2.45) is 0 Å². The van der Waals surface area contributed by atoms with Gasteiger partial charge in [0, 0.05) is 19.6 Å². The Balaban J connectivity index is 2.03. The molecule has 1 N–H and O–H groups in total. The minimum Gasteiger partial charge on any atom is -0.370 e. The van der Waals surface area contributed by atoms with Crippen LogP contribution in [0.2, 0.25) is 5.02 Å². The molecule has 20 heavy (non-hydrogen) atoms. The summed E-state index contributed by atoms with van der Waals surface area (Å²) in [5, 5.41) is 3.92. The predicted octanol–water partition coefficient (Wildman–Crippen LogP) is 3.80. The van der Waals surface area contributed by atoms with Gasteiger partial charge in [0.15, 0.2) is 0 Å². The van der Waals surface area contributed by atoms with E-state index < -0.39 is 0 Å². The van der Waals surface area contributed by atoms with Crippen molar-refractivity contribution in [1.82, 2.24) is 9.88 Å². The van der Waals surface area contributed by atoms with E-state index in [1.165, 1.54) is 5.56 Å². The number of nitrogens with one attached hydrogen (secondary N) is 1. The van der Waals surface area contributed by atoms with Crippen LogP contribution < -0.4 is 5.32 Å². The Kier molecular flexibility index (Phi) is 5.39. The fourth-order valence-electron chi connectivity index (χ4n) is 2.08. The van der Waals surface area contributed by atoms with E-state index in [1.54, 1.807) is 0 Å². The molecular formula is C16H20ClN3. The van der Waals surface area contributed by atoms with Crippen molar-refractivity contribution < 1.29 is 0 Å². The lowest BCUT2D eigenvalue weighted by atomic mass is 10.2. The highest BCUT2D eigenvalue weighted by Gasteiger charge is 2.08. The Bertz CT molecular complexity index is 543. The van der Waals surface area contributed by atoms with E-state index in [9.17, 15) is 0 Å². The first kappa shape index (κ1) is 14.8. The third kappa shape index (κ3) is 4.22. The van der Waals surface area contributed by atoms with Crippen LogP contribution in [0.5, 0.6) is 0 Å². The molecule has 1 heterocycles. The number of nitrogens with zero attached hydrogens (tertiary/aromatic N) is 2. The average molecular weight is 290 g/mol. The molecule has 1 aromatic heterocycles. The fourth-order valence-corrected chi connectivity index (χ4v) is 2.25. The lowest BCUT2D eigenvalue weighted by Crippen LogP contribution is -2.18. The third-order valence-corrected chi connectivity index (χ3v) is 3.34. The minimum absolute atomic E-state index is 0.714. The molecule has 0 unspecified atom stereocenters. The van der Waals surface area contributed by atoms with E-state index in [2.05, 4.69) is 53.4 Å². The van der Waals surface area contributed by atoms with Crippen LogP contribution in [0.25, 0.3) is 0 Å². The van der Waals surface area contributed by atoms with Crippen LogP contribution >= 0.6 is 11.6 Å². The van der Waals surface area contributed by atoms with Gasteiger partial charge in [-0.05, 0) is 31.7 Å². The summed E-state index contributed by atoms with van der Waals surface area (Å²) in [6.45, 7) is 4.52. The van der Waals surface area contributed by atoms with Gasteiger partial charge in [0.1, 0.15) is 5.82 Å². The van der Waals surface area contributed by atoms with Crippen LogP contribution in [0.3, 0.4) is 0 Å². The number of pyridine rings is 1. The van der Waals surface area contributed by atoms with E-state index in [1.807, 2.05) is 18.2 Å². The molecule has 1 aromatic carbocycles. The molecule has 0 saturated heterocycles. The number of hydrogen-bond acceptors (Lipinski definition) is 3. The van der Waals surface area contributed by atoms with Crippen LogP contribution in [0.4, 0.5) is 5.82 Å². The maximum Gasteiger partial charge on any atom is 0.126 e. The Morgan fingerprint density at radius 1 is 1.10 bits per heavy atom. The van der Waals surface area contributed by atoms with E-state index in [-0.39, 0.29) is 0 Å². The van der Waals surface area contributed by atoms with Gasteiger partial charge in [0.2, 0.25) is 0 Å². The Morgan fingerprint density at radius 3 is 2.55 bits per heavy atom. The monoisotopic (exact) mass is 289 g/mol. The van der Waals surface area contributed by atoms with Crippen molar-refractivity contribution in [3.8, 4) is 0 Å². The average Bonchev–Trinajstić information content (AvgIpc) is 2.44. The Labute approximate surface area is 125 Å². The summed E-state index contributed by atoms with van der Waals surface area (Å²) in [5.74, 6) is 0.875. The molecule has 4 heteroatoms. The summed E-state index contributed by atoms with van der Waals surface area (Å²) in [7, 11) is 2.07. The molecule has 0 aliphatic rings. The topological polar surface area (TPSA) is 28.2 Å². The van der Waals surface area contributed by atoms with E-state index in [0.717, 1.165) is 31.1 Å². The van der Waals surface area contributed by atoms with Crippen molar-refractivity contribution in [3.63, 3.8) is 0 Å². The molecule has 0 bridgehead atoms. The number of hydrogen-bond donors (Lipinski definition) is 1. The highest BCUT2D eigenvalue weighted by molar-refractivity contribution is 6.31. The maximum atomic E-state index is 6.23. The van der Waals surface area contributed by atoms with Crippen molar-refractivity contribution in [3.05, 3.63) is 58.7 Å². The zero-order chi connectivity index (χ0) is 14.4. The molecule has 0 amide bonds. The largest absolute Gasteiger partial charge is 0.370 e. The molecule has 0 spiro atoms. The van der Waals surface area contributed by atoms with Gasteiger partial charge >= 0.3 is 0 Å². The normalized spacial score (nSPS) is 10.8. The van der Waals surface area contributed by atoms with Crippen molar-refractivity contribution in [1.29, 1.82) is 0 Å². The smallest absolute Gasteiger partial charge is 0.126 e. The van der Waals surface area contributed by atoms with Gasteiger partial charge in [-0.25, -0.2) is 4.98 Å². The molecule has 0 aliphatic heterocycles. The molecule has 0 aliphatic carbocycles. The zero-order valence-corrected chi connectivity index (χ0v) is 12.7. The van der Waals surface area contributed by atoms with Crippen LogP contribution in [0, 0.1) is 0 Å². The SMILES string of the molecule is CCNc1ccc(Cl)c(CN(C)Cc2ccccc2)n1. The molecule has 2 rings (SSSR count). The van der Waals surface area contributed by atoms with E-state index in [0.29, 0.717) is 5.02 Å². The summed E-state index contributed by atoms with van der Waals surface area (Å²) in [4.78, 5) is 6.77. The molecule has 0 fully saturated rings. The highest BCUT2D eigenvalue weighted by Crippen LogP contribution is 2.18. The zero-order valence-electron chi connectivity index (χ0n) is 11.9. The quantitative estimate of drug-likeness (QED) is 0.877. The van der Waals surface area contributed by atoms with Crippen molar-refractivity contribution >= 4 is 17.4 Å². The standard InChI is InChI=1S/C16H20ClN3/c1-3-18-16-10-9-14(17)15(19-16)12-20(2)11-13-7-5-4-6-8-13/h4-10H,3,11-12H2,1-2H3,(H,18,19). The maximum absolute atomic E-state index is 6.23. The van der Waals surface area contributed by atoms with Crippen molar-refractivity contribution in [2.45, 2.75) is 20.0 Å². The molecular weight excluding hydrogens is 270 g/mol. The first-order valence-electron chi connectivity index (χ1n) is 6.80. The molecule has 2 aromatic rings. The second-order valence-electron chi connectivity index (χ2n) is 4.81.